The summed E-state index contributed by atoms with van der Waals surface area (Å²) in [6.45, 7) is 2.38. The van der Waals surface area contributed by atoms with Gasteiger partial charge in [0.1, 0.15) is 5.82 Å². The average molecular weight is 425 g/mol. The van der Waals surface area contributed by atoms with Crippen molar-refractivity contribution < 1.29 is 18.0 Å². The Bertz CT molecular complexity index is 1160. The summed E-state index contributed by atoms with van der Waals surface area (Å²) < 4.78 is 41.8. The number of nitrogens with zero attached hydrogens (tertiary/aromatic N) is 2. The van der Waals surface area contributed by atoms with Crippen molar-refractivity contribution in [1.29, 1.82) is 0 Å². The number of amides is 1. The zero-order valence-corrected chi connectivity index (χ0v) is 17.1. The largest absolute Gasteiger partial charge is 0.416 e. The predicted octanol–water partition coefficient (Wildman–Crippen LogP) is 5.24. The van der Waals surface area contributed by atoms with E-state index in [1.165, 1.54) is 19.1 Å². The van der Waals surface area contributed by atoms with Crippen LogP contribution in [0.4, 0.5) is 13.2 Å². The van der Waals surface area contributed by atoms with E-state index in [1.54, 1.807) is 0 Å². The Hall–Kier alpha value is -3.09. The second-order valence-electron chi connectivity index (χ2n) is 8.35. The fourth-order valence-electron chi connectivity index (χ4n) is 4.62. The van der Waals surface area contributed by atoms with Crippen molar-refractivity contribution >= 4 is 5.91 Å². The highest BCUT2D eigenvalue weighted by atomic mass is 19.4. The Morgan fingerprint density at radius 1 is 1.16 bits per heavy atom. The Kier molecular flexibility index (Phi) is 4.64. The third-order valence-electron chi connectivity index (χ3n) is 6.29. The fourth-order valence-corrected chi connectivity index (χ4v) is 4.62. The molecular weight excluding hydrogens is 403 g/mol. The molecule has 4 nitrogen and oxygen atoms in total. The molecule has 0 saturated heterocycles. The number of aryl methyl sites for hydroxylation is 4. The third kappa shape index (κ3) is 3.62. The molecule has 1 N–H and O–H groups in total. The van der Waals surface area contributed by atoms with Gasteiger partial charge in [0.2, 0.25) is 0 Å². The molecule has 1 aliphatic heterocycles. The van der Waals surface area contributed by atoms with E-state index in [9.17, 15) is 18.0 Å². The van der Waals surface area contributed by atoms with Gasteiger partial charge in [-0.3, -0.25) is 4.79 Å². The van der Waals surface area contributed by atoms with Crippen molar-refractivity contribution in [3.05, 3.63) is 76.2 Å². The minimum atomic E-state index is -4.49. The van der Waals surface area contributed by atoms with Crippen molar-refractivity contribution in [1.82, 2.24) is 14.9 Å². The standard InChI is InChI=1S/C24H22F3N3O/c1-14-4-5-17(12-19(14)24(25,26)27)23(31)29-20-9-8-15-6-7-16(11-18(15)20)21-13-30-10-2-3-22(30)28-21/h4-7,11-13,20H,2-3,8-10H2,1H3,(H,29,31). The van der Waals surface area contributed by atoms with E-state index in [0.29, 0.717) is 0 Å². The van der Waals surface area contributed by atoms with Gasteiger partial charge >= 0.3 is 6.18 Å². The molecule has 1 atom stereocenters. The van der Waals surface area contributed by atoms with Crippen LogP contribution in [0.5, 0.6) is 0 Å². The van der Waals surface area contributed by atoms with Gasteiger partial charge in [-0.1, -0.05) is 18.2 Å². The van der Waals surface area contributed by atoms with Crippen LogP contribution in [0.1, 0.15) is 57.3 Å². The predicted molar refractivity (Wildman–Crippen MR) is 111 cm³/mol. The highest BCUT2D eigenvalue weighted by Gasteiger charge is 2.33. The smallest absolute Gasteiger partial charge is 0.345 e. The van der Waals surface area contributed by atoms with Crippen molar-refractivity contribution in [2.75, 3.05) is 0 Å². The summed E-state index contributed by atoms with van der Waals surface area (Å²) in [4.78, 5) is 17.5. The topological polar surface area (TPSA) is 46.9 Å². The van der Waals surface area contributed by atoms with E-state index in [4.69, 9.17) is 4.98 Å². The van der Waals surface area contributed by atoms with Crippen LogP contribution in [-0.4, -0.2) is 15.5 Å². The van der Waals surface area contributed by atoms with Crippen LogP contribution in [0, 0.1) is 6.92 Å². The molecule has 0 saturated carbocycles. The van der Waals surface area contributed by atoms with Gasteiger partial charge in [-0.15, -0.1) is 0 Å². The number of benzene rings is 2. The number of fused-ring (bicyclic) bond motifs is 2. The number of halogens is 3. The lowest BCUT2D eigenvalue weighted by atomic mass is 10.0. The lowest BCUT2D eigenvalue weighted by Gasteiger charge is -2.16. The molecule has 7 heteroatoms. The molecule has 0 radical (unpaired) electrons. The van der Waals surface area contributed by atoms with Gasteiger partial charge in [-0.05, 0) is 61.1 Å². The van der Waals surface area contributed by atoms with Crippen LogP contribution in [-0.2, 0) is 25.6 Å². The molecule has 0 spiro atoms. The Morgan fingerprint density at radius 2 is 2.00 bits per heavy atom. The molecule has 1 aliphatic carbocycles. The molecule has 2 heterocycles. The number of alkyl halides is 3. The first-order valence-corrected chi connectivity index (χ1v) is 10.5. The molecule has 0 fully saturated rings. The molecule has 160 valence electrons. The summed E-state index contributed by atoms with van der Waals surface area (Å²) >= 11 is 0. The monoisotopic (exact) mass is 425 g/mol. The molecule has 31 heavy (non-hydrogen) atoms. The molecule has 1 amide bonds. The Labute approximate surface area is 178 Å². The molecular formula is C24H22F3N3O. The maximum atomic E-state index is 13.2. The molecule has 2 aliphatic rings. The van der Waals surface area contributed by atoms with Crippen LogP contribution >= 0.6 is 0 Å². The van der Waals surface area contributed by atoms with E-state index in [-0.39, 0.29) is 17.2 Å². The van der Waals surface area contributed by atoms with Gasteiger partial charge in [-0.2, -0.15) is 13.2 Å². The van der Waals surface area contributed by atoms with Gasteiger partial charge in [0.15, 0.2) is 0 Å². The Balaban J connectivity index is 1.39. The van der Waals surface area contributed by atoms with Crippen LogP contribution < -0.4 is 5.32 Å². The van der Waals surface area contributed by atoms with Crippen molar-refractivity contribution in [2.24, 2.45) is 0 Å². The summed E-state index contributed by atoms with van der Waals surface area (Å²) in [6.07, 6.45) is 1.23. The fraction of sp³-hybridized carbons (Fsp3) is 0.333. The van der Waals surface area contributed by atoms with Crippen LogP contribution in [0.25, 0.3) is 11.3 Å². The summed E-state index contributed by atoms with van der Waals surface area (Å²) in [5.74, 6) is 0.606. The van der Waals surface area contributed by atoms with Gasteiger partial charge in [-0.25, -0.2) is 4.98 Å². The van der Waals surface area contributed by atoms with Crippen LogP contribution in [0.2, 0.25) is 0 Å². The van der Waals surface area contributed by atoms with Crippen molar-refractivity contribution in [3.63, 3.8) is 0 Å². The number of hydrogen-bond acceptors (Lipinski definition) is 2. The highest BCUT2D eigenvalue weighted by molar-refractivity contribution is 5.95. The average Bonchev–Trinajstić information content (AvgIpc) is 3.42. The maximum absolute atomic E-state index is 13.2. The van der Waals surface area contributed by atoms with Crippen molar-refractivity contribution in [3.8, 4) is 11.3 Å². The Morgan fingerprint density at radius 3 is 2.77 bits per heavy atom. The second kappa shape index (κ2) is 7.25. The molecule has 5 rings (SSSR count). The van der Waals surface area contributed by atoms with Gasteiger partial charge in [0.05, 0.1) is 17.3 Å². The molecule has 1 unspecified atom stereocenters. The molecule has 1 aromatic heterocycles. The van der Waals surface area contributed by atoms with Crippen LogP contribution in [0.15, 0.2) is 42.6 Å². The lowest BCUT2D eigenvalue weighted by Crippen LogP contribution is -2.27. The van der Waals surface area contributed by atoms with E-state index in [2.05, 4.69) is 34.3 Å². The van der Waals surface area contributed by atoms with Gasteiger partial charge in [0, 0.05) is 30.3 Å². The van der Waals surface area contributed by atoms with Crippen LogP contribution in [0.3, 0.4) is 0 Å². The minimum Gasteiger partial charge on any atom is -0.345 e. The molecule has 3 aromatic rings. The molecule has 2 aromatic carbocycles. The highest BCUT2D eigenvalue weighted by Crippen LogP contribution is 2.36. The quantitative estimate of drug-likeness (QED) is 0.624. The summed E-state index contributed by atoms with van der Waals surface area (Å²) in [6, 6.07) is 9.67. The number of hydrogen-bond donors (Lipinski definition) is 1. The third-order valence-corrected chi connectivity index (χ3v) is 6.29. The first-order valence-electron chi connectivity index (χ1n) is 10.5. The molecule has 0 bridgehead atoms. The number of imidazole rings is 1. The number of rotatable bonds is 3. The lowest BCUT2D eigenvalue weighted by molar-refractivity contribution is -0.138. The van der Waals surface area contributed by atoms with E-state index < -0.39 is 17.6 Å². The first kappa shape index (κ1) is 19.8. The number of carbonyl (C=O) groups is 1. The maximum Gasteiger partial charge on any atom is 0.416 e. The number of aromatic nitrogens is 2. The van der Waals surface area contributed by atoms with E-state index in [0.717, 1.165) is 66.5 Å². The SMILES string of the molecule is Cc1ccc(C(=O)NC2CCc3ccc(-c4cn5c(n4)CCC5)cc32)cc1C(F)(F)F. The number of carbonyl (C=O) groups excluding carboxylic acids is 1. The number of nitrogens with one attached hydrogen (secondary N) is 1. The van der Waals surface area contributed by atoms with Gasteiger partial charge in [0.25, 0.3) is 5.91 Å². The zero-order chi connectivity index (χ0) is 21.8. The van der Waals surface area contributed by atoms with Crippen molar-refractivity contribution in [2.45, 2.75) is 51.4 Å². The summed E-state index contributed by atoms with van der Waals surface area (Å²) in [5, 5.41) is 2.94. The normalized spacial score (nSPS) is 17.5. The second-order valence-corrected chi connectivity index (χ2v) is 8.35. The van der Waals surface area contributed by atoms with E-state index >= 15 is 0 Å². The minimum absolute atomic E-state index is 0.0213. The first-order chi connectivity index (χ1) is 14.8. The zero-order valence-electron chi connectivity index (χ0n) is 17.1. The summed E-state index contributed by atoms with van der Waals surface area (Å²) in [5.41, 5.74) is 3.43. The van der Waals surface area contributed by atoms with Gasteiger partial charge < -0.3 is 9.88 Å². The summed E-state index contributed by atoms with van der Waals surface area (Å²) in [7, 11) is 0. The van der Waals surface area contributed by atoms with E-state index in [1.807, 2.05) is 0 Å².